The molecule has 0 atom stereocenters. The van der Waals surface area contributed by atoms with E-state index in [1.807, 2.05) is 60.0 Å². The third kappa shape index (κ3) is 4.94. The van der Waals surface area contributed by atoms with Crippen LogP contribution in [0.25, 0.3) is 10.8 Å². The number of carbonyl (C=O) groups excluding carboxylic acids is 1. The van der Waals surface area contributed by atoms with Crippen LogP contribution in [0.5, 0.6) is 5.75 Å². The lowest BCUT2D eigenvalue weighted by molar-refractivity contribution is -0.113. The van der Waals surface area contributed by atoms with E-state index in [1.165, 1.54) is 35.7 Å². The minimum atomic E-state index is -0.0705. The molecule has 0 aliphatic heterocycles. The molecule has 1 aromatic heterocycles. The molecule has 6 nitrogen and oxygen atoms in total. The average molecular weight is 473 g/mol. The number of aryl methyl sites for hydroxylation is 2. The van der Waals surface area contributed by atoms with E-state index in [1.54, 1.807) is 0 Å². The lowest BCUT2D eigenvalue weighted by Gasteiger charge is -2.16. The molecule has 1 aliphatic rings. The van der Waals surface area contributed by atoms with Crippen LogP contribution in [-0.4, -0.2) is 26.4 Å². The highest BCUT2D eigenvalue weighted by atomic mass is 32.2. The molecule has 0 saturated heterocycles. The van der Waals surface area contributed by atoms with Gasteiger partial charge in [0.25, 0.3) is 0 Å². The van der Waals surface area contributed by atoms with Gasteiger partial charge >= 0.3 is 0 Å². The van der Waals surface area contributed by atoms with Crippen LogP contribution in [0.1, 0.15) is 36.7 Å². The third-order valence-electron chi connectivity index (χ3n) is 6.19. The normalized spacial score (nSPS) is 13.0. The largest absolute Gasteiger partial charge is 0.486 e. The molecule has 1 heterocycles. The monoisotopic (exact) mass is 472 g/mol. The molecule has 1 aliphatic carbocycles. The summed E-state index contributed by atoms with van der Waals surface area (Å²) in [7, 11) is 0. The maximum atomic E-state index is 12.6. The summed E-state index contributed by atoms with van der Waals surface area (Å²) < 4.78 is 8.06. The Bertz CT molecular complexity index is 1310. The Balaban J connectivity index is 1.20. The van der Waals surface area contributed by atoms with E-state index in [9.17, 15) is 4.79 Å². The number of ether oxygens (including phenoxy) is 1. The summed E-state index contributed by atoms with van der Waals surface area (Å²) in [4.78, 5) is 12.6. The highest BCUT2D eigenvalue weighted by Gasteiger charge is 2.15. The molecular formula is C27H28N4O2S. The molecule has 1 amide bonds. The van der Waals surface area contributed by atoms with Gasteiger partial charge in [-0.2, -0.15) is 0 Å². The van der Waals surface area contributed by atoms with E-state index >= 15 is 0 Å². The summed E-state index contributed by atoms with van der Waals surface area (Å²) in [6.07, 6.45) is 4.80. The Morgan fingerprint density at radius 2 is 1.85 bits per heavy atom. The third-order valence-corrected chi connectivity index (χ3v) is 7.16. The molecule has 7 heteroatoms. The SMILES string of the molecule is CCn1c(COc2ccc3c(c2)CCCC3)nnc1SCC(=O)Nc1cccc2ccccc12. The van der Waals surface area contributed by atoms with Crippen molar-refractivity contribution in [1.82, 2.24) is 14.8 Å². The van der Waals surface area contributed by atoms with Crippen molar-refractivity contribution in [3.8, 4) is 5.75 Å². The van der Waals surface area contributed by atoms with E-state index in [0.717, 1.165) is 46.0 Å². The van der Waals surface area contributed by atoms with Crippen molar-refractivity contribution in [1.29, 1.82) is 0 Å². The number of fused-ring (bicyclic) bond motifs is 2. The second-order valence-electron chi connectivity index (χ2n) is 8.43. The average Bonchev–Trinajstić information content (AvgIpc) is 3.28. The Kier molecular flexibility index (Phi) is 6.81. The second-order valence-corrected chi connectivity index (χ2v) is 9.38. The molecule has 3 aromatic carbocycles. The Hall–Kier alpha value is -3.32. The van der Waals surface area contributed by atoms with Gasteiger partial charge in [-0.05, 0) is 67.3 Å². The maximum absolute atomic E-state index is 12.6. The van der Waals surface area contributed by atoms with Crippen molar-refractivity contribution in [2.45, 2.75) is 50.9 Å². The number of anilines is 1. The number of hydrogen-bond acceptors (Lipinski definition) is 5. The molecule has 1 N–H and O–H groups in total. The van der Waals surface area contributed by atoms with Crippen LogP contribution in [0.4, 0.5) is 5.69 Å². The number of nitrogens with one attached hydrogen (secondary N) is 1. The summed E-state index contributed by atoms with van der Waals surface area (Å²) in [6.45, 7) is 3.11. The van der Waals surface area contributed by atoms with Crippen molar-refractivity contribution in [2.75, 3.05) is 11.1 Å². The molecule has 0 unspecified atom stereocenters. The van der Waals surface area contributed by atoms with E-state index < -0.39 is 0 Å². The van der Waals surface area contributed by atoms with E-state index in [-0.39, 0.29) is 11.7 Å². The van der Waals surface area contributed by atoms with Gasteiger partial charge in [0.1, 0.15) is 12.4 Å². The topological polar surface area (TPSA) is 69.0 Å². The number of rotatable bonds is 8. The standard InChI is InChI=1S/C27H28N4O2S/c1-2-31-25(17-33-22-15-14-19-8-3-4-10-21(19)16-22)29-30-27(31)34-18-26(32)28-24-13-7-11-20-9-5-6-12-23(20)24/h5-7,9,11-16H,2-4,8,10,17-18H2,1H3,(H,28,32). The van der Waals surface area contributed by atoms with Crippen molar-refractivity contribution in [3.63, 3.8) is 0 Å². The van der Waals surface area contributed by atoms with E-state index in [0.29, 0.717) is 13.2 Å². The first-order valence-electron chi connectivity index (χ1n) is 11.8. The van der Waals surface area contributed by atoms with Crippen LogP contribution < -0.4 is 10.1 Å². The van der Waals surface area contributed by atoms with Gasteiger partial charge in [-0.3, -0.25) is 4.79 Å². The minimum Gasteiger partial charge on any atom is -0.486 e. The predicted octanol–water partition coefficient (Wildman–Crippen LogP) is 5.64. The summed E-state index contributed by atoms with van der Waals surface area (Å²) in [5.41, 5.74) is 3.66. The molecule has 0 saturated carbocycles. The summed E-state index contributed by atoms with van der Waals surface area (Å²) in [5, 5.41) is 14.5. The first-order chi connectivity index (χ1) is 16.7. The summed E-state index contributed by atoms with van der Waals surface area (Å²) in [5.74, 6) is 1.82. The minimum absolute atomic E-state index is 0.0705. The lowest BCUT2D eigenvalue weighted by Crippen LogP contribution is -2.15. The van der Waals surface area contributed by atoms with Crippen molar-refractivity contribution < 1.29 is 9.53 Å². The van der Waals surface area contributed by atoms with Crippen molar-refractivity contribution in [2.24, 2.45) is 0 Å². The van der Waals surface area contributed by atoms with Gasteiger partial charge in [-0.25, -0.2) is 0 Å². The number of amides is 1. The zero-order chi connectivity index (χ0) is 23.3. The maximum Gasteiger partial charge on any atom is 0.234 e. The fourth-order valence-corrected chi connectivity index (χ4v) is 5.27. The van der Waals surface area contributed by atoms with Gasteiger partial charge in [-0.15, -0.1) is 10.2 Å². The van der Waals surface area contributed by atoms with Gasteiger partial charge in [-0.1, -0.05) is 54.2 Å². The first kappa shape index (κ1) is 22.5. The molecule has 4 aromatic rings. The highest BCUT2D eigenvalue weighted by Crippen LogP contribution is 2.27. The van der Waals surface area contributed by atoms with Crippen LogP contribution in [0.3, 0.4) is 0 Å². The number of nitrogens with zero attached hydrogens (tertiary/aromatic N) is 3. The molecule has 0 bridgehead atoms. The molecule has 174 valence electrons. The Morgan fingerprint density at radius 3 is 2.74 bits per heavy atom. The van der Waals surface area contributed by atoms with Crippen LogP contribution in [0.15, 0.2) is 65.8 Å². The number of aromatic nitrogens is 3. The van der Waals surface area contributed by atoms with Crippen LogP contribution >= 0.6 is 11.8 Å². The van der Waals surface area contributed by atoms with Crippen molar-refractivity contribution >= 4 is 34.1 Å². The number of thioether (sulfide) groups is 1. The fraction of sp³-hybridized carbons (Fsp3) is 0.296. The molecule has 34 heavy (non-hydrogen) atoms. The van der Waals surface area contributed by atoms with Gasteiger partial charge in [0, 0.05) is 17.6 Å². The summed E-state index contributed by atoms with van der Waals surface area (Å²) >= 11 is 1.39. The Morgan fingerprint density at radius 1 is 1.03 bits per heavy atom. The zero-order valence-corrected chi connectivity index (χ0v) is 20.1. The smallest absolute Gasteiger partial charge is 0.234 e. The number of hydrogen-bond donors (Lipinski definition) is 1. The molecule has 0 fully saturated rings. The summed E-state index contributed by atoms with van der Waals surface area (Å²) in [6, 6.07) is 20.3. The van der Waals surface area contributed by atoms with Crippen molar-refractivity contribution in [3.05, 3.63) is 77.6 Å². The van der Waals surface area contributed by atoms with Gasteiger partial charge in [0.15, 0.2) is 11.0 Å². The van der Waals surface area contributed by atoms with Gasteiger partial charge in [0.05, 0.1) is 5.75 Å². The van der Waals surface area contributed by atoms with E-state index in [2.05, 4.69) is 27.6 Å². The van der Waals surface area contributed by atoms with Crippen LogP contribution in [0, 0.1) is 0 Å². The fourth-order valence-electron chi connectivity index (χ4n) is 4.45. The molecule has 0 spiro atoms. The van der Waals surface area contributed by atoms with Gasteiger partial charge < -0.3 is 14.6 Å². The number of carbonyl (C=O) groups is 1. The first-order valence-corrected chi connectivity index (χ1v) is 12.8. The second kappa shape index (κ2) is 10.3. The quantitative estimate of drug-likeness (QED) is 0.336. The Labute approximate surface area is 203 Å². The van der Waals surface area contributed by atoms with Crippen LogP contribution in [-0.2, 0) is 30.8 Å². The molecular weight excluding hydrogens is 444 g/mol. The van der Waals surface area contributed by atoms with E-state index in [4.69, 9.17) is 4.74 Å². The van der Waals surface area contributed by atoms with Crippen LogP contribution in [0.2, 0.25) is 0 Å². The number of benzene rings is 3. The predicted molar refractivity (Wildman–Crippen MR) is 136 cm³/mol. The highest BCUT2D eigenvalue weighted by molar-refractivity contribution is 7.99. The van der Waals surface area contributed by atoms with Gasteiger partial charge in [0.2, 0.25) is 5.91 Å². The molecule has 0 radical (unpaired) electrons. The zero-order valence-electron chi connectivity index (χ0n) is 19.3. The lowest BCUT2D eigenvalue weighted by atomic mass is 9.92. The molecule has 5 rings (SSSR count).